The number of benzene rings is 1. The number of ketones is 1. The summed E-state index contributed by atoms with van der Waals surface area (Å²) in [5.41, 5.74) is -0.530. The fourth-order valence-corrected chi connectivity index (χ4v) is 1.94. The number of halogens is 5. The van der Waals surface area contributed by atoms with Crippen LogP contribution in [0.25, 0.3) is 0 Å². The summed E-state index contributed by atoms with van der Waals surface area (Å²) in [6.45, 7) is 0. The molecule has 0 fully saturated rings. The van der Waals surface area contributed by atoms with Crippen LogP contribution in [0.3, 0.4) is 0 Å². The molecule has 0 saturated heterocycles. The lowest BCUT2D eigenvalue weighted by atomic mass is 10.1. The van der Waals surface area contributed by atoms with Crippen molar-refractivity contribution in [1.29, 1.82) is 0 Å². The van der Waals surface area contributed by atoms with Crippen LogP contribution in [-0.4, -0.2) is 11.7 Å². The summed E-state index contributed by atoms with van der Waals surface area (Å²) >= 11 is 13.8. The van der Waals surface area contributed by atoms with E-state index in [2.05, 4.69) is 15.9 Å². The summed E-state index contributed by atoms with van der Waals surface area (Å²) < 4.78 is 27.4. The van der Waals surface area contributed by atoms with Gasteiger partial charge in [0.05, 0.1) is 10.9 Å². The van der Waals surface area contributed by atoms with Gasteiger partial charge in [-0.15, -0.1) is 11.6 Å². The molecule has 0 radical (unpaired) electrons. The Morgan fingerprint density at radius 2 is 2.07 bits per heavy atom. The Morgan fingerprint density at radius 1 is 1.47 bits per heavy atom. The van der Waals surface area contributed by atoms with E-state index in [4.69, 9.17) is 23.2 Å². The smallest absolute Gasteiger partial charge is 0.291 e. The van der Waals surface area contributed by atoms with E-state index in [1.807, 2.05) is 0 Å². The zero-order valence-corrected chi connectivity index (χ0v) is 10.3. The van der Waals surface area contributed by atoms with E-state index >= 15 is 0 Å². The van der Waals surface area contributed by atoms with Crippen LogP contribution in [0.5, 0.6) is 0 Å². The summed E-state index contributed by atoms with van der Waals surface area (Å²) in [7, 11) is 0. The van der Waals surface area contributed by atoms with E-state index in [-0.39, 0.29) is 5.02 Å². The lowest BCUT2D eigenvalue weighted by Crippen LogP contribution is -2.27. The second kappa shape index (κ2) is 4.76. The van der Waals surface area contributed by atoms with E-state index in [9.17, 15) is 13.6 Å². The third kappa shape index (κ3) is 2.68. The van der Waals surface area contributed by atoms with Crippen LogP contribution in [-0.2, 0) is 10.7 Å². The second-order valence-electron chi connectivity index (χ2n) is 2.76. The molecule has 6 heteroatoms. The van der Waals surface area contributed by atoms with Gasteiger partial charge in [0, 0.05) is 10.0 Å². The van der Waals surface area contributed by atoms with Gasteiger partial charge in [-0.05, 0) is 18.2 Å². The van der Waals surface area contributed by atoms with Gasteiger partial charge >= 0.3 is 5.92 Å². The van der Waals surface area contributed by atoms with Crippen molar-refractivity contribution in [3.8, 4) is 0 Å². The minimum atomic E-state index is -3.64. The van der Waals surface area contributed by atoms with Crippen molar-refractivity contribution >= 4 is 44.9 Å². The first-order valence-corrected chi connectivity index (χ1v) is 5.52. The standard InChI is InChI=1S/C9H5BrCl2F2O/c10-5-1-2-6(7(12)3-5)9(13,14)8(15)4-11/h1-3H,4H2. The van der Waals surface area contributed by atoms with Crippen molar-refractivity contribution in [3.63, 3.8) is 0 Å². The molecule has 1 nitrogen and oxygen atoms in total. The van der Waals surface area contributed by atoms with Crippen molar-refractivity contribution < 1.29 is 13.6 Å². The fourth-order valence-electron chi connectivity index (χ4n) is 0.978. The molecule has 0 bridgehead atoms. The highest BCUT2D eigenvalue weighted by atomic mass is 79.9. The summed E-state index contributed by atoms with van der Waals surface area (Å²) in [4.78, 5) is 10.9. The number of carbonyl (C=O) groups excluding carboxylic acids is 1. The highest BCUT2D eigenvalue weighted by Gasteiger charge is 2.41. The molecule has 0 aliphatic rings. The van der Waals surface area contributed by atoms with Gasteiger partial charge in [-0.25, -0.2) is 0 Å². The predicted molar refractivity (Wildman–Crippen MR) is 58.8 cm³/mol. The quantitative estimate of drug-likeness (QED) is 0.770. The lowest BCUT2D eigenvalue weighted by molar-refractivity contribution is -0.141. The van der Waals surface area contributed by atoms with Crippen LogP contribution in [0.1, 0.15) is 5.56 Å². The fraction of sp³-hybridized carbons (Fsp3) is 0.222. The molecule has 15 heavy (non-hydrogen) atoms. The van der Waals surface area contributed by atoms with Gasteiger partial charge in [-0.2, -0.15) is 8.78 Å². The van der Waals surface area contributed by atoms with Crippen molar-refractivity contribution in [2.75, 3.05) is 5.88 Å². The summed E-state index contributed by atoms with van der Waals surface area (Å²) in [5.74, 6) is -5.76. The first-order valence-electron chi connectivity index (χ1n) is 3.82. The van der Waals surface area contributed by atoms with E-state index in [0.29, 0.717) is 4.47 Å². The Hall–Kier alpha value is -0.190. The molecule has 1 aromatic rings. The largest absolute Gasteiger partial charge is 0.333 e. The molecule has 0 atom stereocenters. The van der Waals surface area contributed by atoms with Crippen LogP contribution in [0.15, 0.2) is 22.7 Å². The summed E-state index contributed by atoms with van der Waals surface area (Å²) in [6.07, 6.45) is 0. The summed E-state index contributed by atoms with van der Waals surface area (Å²) in [6, 6.07) is 3.78. The van der Waals surface area contributed by atoms with Crippen molar-refractivity contribution in [2.24, 2.45) is 0 Å². The molecule has 1 aromatic carbocycles. The Morgan fingerprint density at radius 3 is 2.53 bits per heavy atom. The number of alkyl halides is 3. The third-order valence-electron chi connectivity index (χ3n) is 1.74. The second-order valence-corrected chi connectivity index (χ2v) is 4.35. The zero-order chi connectivity index (χ0) is 11.6. The Bertz CT molecular complexity index is 396. The van der Waals surface area contributed by atoms with Gasteiger partial charge in [0.2, 0.25) is 5.78 Å². The molecular formula is C9H5BrCl2F2O. The van der Waals surface area contributed by atoms with Crippen LogP contribution in [0.2, 0.25) is 5.02 Å². The Labute approximate surface area is 103 Å². The minimum absolute atomic E-state index is 0.173. The first kappa shape index (κ1) is 12.9. The van der Waals surface area contributed by atoms with Crippen LogP contribution >= 0.6 is 39.1 Å². The third-order valence-corrected chi connectivity index (χ3v) is 2.79. The normalized spacial score (nSPS) is 11.5. The SMILES string of the molecule is O=C(CCl)C(F)(F)c1ccc(Br)cc1Cl. The average Bonchev–Trinajstić information content (AvgIpc) is 2.15. The Balaban J connectivity index is 3.21. The molecule has 1 rings (SSSR count). The molecule has 0 aromatic heterocycles. The van der Waals surface area contributed by atoms with Crippen LogP contribution < -0.4 is 0 Å². The molecule has 0 heterocycles. The number of hydrogen-bond acceptors (Lipinski definition) is 1. The highest BCUT2D eigenvalue weighted by molar-refractivity contribution is 9.10. The van der Waals surface area contributed by atoms with Crippen LogP contribution in [0.4, 0.5) is 8.78 Å². The van der Waals surface area contributed by atoms with Gasteiger partial charge in [-0.1, -0.05) is 27.5 Å². The molecule has 0 spiro atoms. The molecule has 0 saturated carbocycles. The maximum Gasteiger partial charge on any atom is 0.333 e. The van der Waals surface area contributed by atoms with E-state index in [0.717, 1.165) is 6.07 Å². The molecule has 0 unspecified atom stereocenters. The van der Waals surface area contributed by atoms with E-state index in [1.165, 1.54) is 12.1 Å². The average molecular weight is 318 g/mol. The van der Waals surface area contributed by atoms with Gasteiger partial charge in [0.25, 0.3) is 0 Å². The Kier molecular flexibility index (Phi) is 4.09. The van der Waals surface area contributed by atoms with Gasteiger partial charge in [0.15, 0.2) is 0 Å². The van der Waals surface area contributed by atoms with Crippen LogP contribution in [0, 0.1) is 0 Å². The maximum atomic E-state index is 13.4. The molecule has 0 N–H and O–H groups in total. The maximum absolute atomic E-state index is 13.4. The number of rotatable bonds is 3. The van der Waals surface area contributed by atoms with Crippen molar-refractivity contribution in [2.45, 2.75) is 5.92 Å². The highest BCUT2D eigenvalue weighted by Crippen LogP contribution is 2.35. The molecule has 0 aliphatic heterocycles. The number of Topliss-reactive ketones (excluding diaryl/α,β-unsaturated/α-hetero) is 1. The van der Waals surface area contributed by atoms with Crippen molar-refractivity contribution in [1.82, 2.24) is 0 Å². The number of carbonyl (C=O) groups is 1. The minimum Gasteiger partial charge on any atom is -0.291 e. The molecule has 82 valence electrons. The van der Waals surface area contributed by atoms with Gasteiger partial charge < -0.3 is 0 Å². The topological polar surface area (TPSA) is 17.1 Å². The molecule has 0 aliphatic carbocycles. The summed E-state index contributed by atoms with van der Waals surface area (Å²) in [5, 5.41) is -0.173. The van der Waals surface area contributed by atoms with E-state index < -0.39 is 23.1 Å². The molecule has 0 amide bonds. The lowest BCUT2D eigenvalue weighted by Gasteiger charge is -2.15. The van der Waals surface area contributed by atoms with E-state index in [1.54, 1.807) is 0 Å². The van der Waals surface area contributed by atoms with Crippen molar-refractivity contribution in [3.05, 3.63) is 33.3 Å². The first-order chi connectivity index (χ1) is 6.89. The van der Waals surface area contributed by atoms with Gasteiger partial charge in [-0.3, -0.25) is 4.79 Å². The predicted octanol–water partition coefficient (Wildman–Crippen LogP) is 4.00. The zero-order valence-electron chi connectivity index (χ0n) is 7.24. The molecular weight excluding hydrogens is 313 g/mol. The monoisotopic (exact) mass is 316 g/mol. The number of hydrogen-bond donors (Lipinski definition) is 0. The van der Waals surface area contributed by atoms with Gasteiger partial charge in [0.1, 0.15) is 0 Å².